The van der Waals surface area contributed by atoms with Crippen LogP contribution in [0.5, 0.6) is 0 Å². The van der Waals surface area contributed by atoms with Crippen molar-refractivity contribution in [3.63, 3.8) is 0 Å². The third-order valence-corrected chi connectivity index (χ3v) is 7.07. The highest BCUT2D eigenvalue weighted by molar-refractivity contribution is 6.07. The number of hydrogen-bond donors (Lipinski definition) is 2. The molecule has 0 radical (unpaired) electrons. The zero-order valence-electron chi connectivity index (χ0n) is 18.8. The molecule has 6 rings (SSSR count). The number of piperidine rings is 1. The summed E-state index contributed by atoms with van der Waals surface area (Å²) in [7, 11) is 0. The number of hydrogen-bond acceptors (Lipinski definition) is 5. The Balaban J connectivity index is 1.41. The maximum atomic E-state index is 13.5. The molecule has 34 heavy (non-hydrogen) atoms. The van der Waals surface area contributed by atoms with E-state index in [2.05, 4.69) is 19.7 Å². The van der Waals surface area contributed by atoms with E-state index in [1.165, 1.54) is 0 Å². The molecule has 1 aromatic carbocycles. The number of likely N-dealkylation sites (tertiary alicyclic amines) is 1. The number of anilines is 1. The van der Waals surface area contributed by atoms with Crippen LogP contribution in [0.1, 0.15) is 37.9 Å². The van der Waals surface area contributed by atoms with Crippen LogP contribution in [0.2, 0.25) is 0 Å². The highest BCUT2D eigenvalue weighted by atomic mass is 19.3. The maximum absolute atomic E-state index is 13.5. The highest BCUT2D eigenvalue weighted by Gasteiger charge is 2.62. The zero-order chi connectivity index (χ0) is 23.6. The van der Waals surface area contributed by atoms with Crippen molar-refractivity contribution in [3.8, 4) is 11.3 Å². The first kappa shape index (κ1) is 21.0. The maximum Gasteiger partial charge on any atom is 0.260 e. The Kier molecular flexibility index (Phi) is 4.62. The number of fused-ring (bicyclic) bond motifs is 3. The molecule has 1 amide bonds. The van der Waals surface area contributed by atoms with Gasteiger partial charge in [0.25, 0.3) is 5.92 Å². The van der Waals surface area contributed by atoms with Gasteiger partial charge in [0.15, 0.2) is 5.82 Å². The van der Waals surface area contributed by atoms with Crippen molar-refractivity contribution in [1.82, 2.24) is 29.6 Å². The lowest BCUT2D eigenvalue weighted by molar-refractivity contribution is -0.136. The van der Waals surface area contributed by atoms with Crippen molar-refractivity contribution in [1.29, 1.82) is 0 Å². The SMILES string of the molecule is CCn1c([C@H]2CCCN(C(=O)C3CC3(F)F)C2)nc2c(N)nc3cc(-c4cc[nH]n4)ccc3c21. The number of aryl methyl sites for hydroxylation is 1. The van der Waals surface area contributed by atoms with E-state index in [0.717, 1.165) is 46.3 Å². The Morgan fingerprint density at radius 2 is 2.12 bits per heavy atom. The lowest BCUT2D eigenvalue weighted by atomic mass is 9.96. The van der Waals surface area contributed by atoms with Gasteiger partial charge in [0.1, 0.15) is 17.3 Å². The topological polar surface area (TPSA) is 106 Å². The van der Waals surface area contributed by atoms with Gasteiger partial charge >= 0.3 is 0 Å². The van der Waals surface area contributed by atoms with Gasteiger partial charge in [0.2, 0.25) is 5.91 Å². The number of pyridine rings is 1. The first-order valence-electron chi connectivity index (χ1n) is 11.6. The molecule has 2 atom stereocenters. The summed E-state index contributed by atoms with van der Waals surface area (Å²) >= 11 is 0. The number of aromatic nitrogens is 5. The number of halogens is 2. The summed E-state index contributed by atoms with van der Waals surface area (Å²) in [6.07, 6.45) is 3.02. The van der Waals surface area contributed by atoms with E-state index in [-0.39, 0.29) is 12.3 Å². The van der Waals surface area contributed by atoms with Gasteiger partial charge in [-0.2, -0.15) is 5.10 Å². The normalized spacial score (nSPS) is 21.9. The molecule has 2 aliphatic rings. The number of carbonyl (C=O) groups is 1. The van der Waals surface area contributed by atoms with Crippen LogP contribution in [0.4, 0.5) is 14.6 Å². The molecule has 3 aromatic heterocycles. The van der Waals surface area contributed by atoms with E-state index in [9.17, 15) is 13.6 Å². The second kappa shape index (κ2) is 7.48. The van der Waals surface area contributed by atoms with Crippen LogP contribution in [0, 0.1) is 5.92 Å². The van der Waals surface area contributed by atoms with Crippen molar-refractivity contribution < 1.29 is 13.6 Å². The lowest BCUT2D eigenvalue weighted by Gasteiger charge is -2.32. The van der Waals surface area contributed by atoms with Crippen LogP contribution in [0.25, 0.3) is 33.2 Å². The number of aromatic amines is 1. The van der Waals surface area contributed by atoms with E-state index in [1.54, 1.807) is 11.1 Å². The van der Waals surface area contributed by atoms with Gasteiger partial charge in [-0.05, 0) is 38.0 Å². The van der Waals surface area contributed by atoms with E-state index >= 15 is 0 Å². The minimum Gasteiger partial charge on any atom is -0.382 e. The number of imidazole rings is 1. The smallest absolute Gasteiger partial charge is 0.260 e. The molecule has 1 aliphatic heterocycles. The summed E-state index contributed by atoms with van der Waals surface area (Å²) in [6, 6.07) is 7.87. The van der Waals surface area contributed by atoms with E-state index in [4.69, 9.17) is 10.7 Å². The van der Waals surface area contributed by atoms with E-state index < -0.39 is 17.7 Å². The number of nitrogens with one attached hydrogen (secondary N) is 1. The fourth-order valence-corrected chi connectivity index (χ4v) is 5.23. The van der Waals surface area contributed by atoms with Crippen molar-refractivity contribution in [3.05, 3.63) is 36.3 Å². The van der Waals surface area contributed by atoms with Gasteiger partial charge in [-0.15, -0.1) is 0 Å². The van der Waals surface area contributed by atoms with Crippen LogP contribution in [-0.2, 0) is 11.3 Å². The number of nitrogen functional groups attached to an aromatic ring is 1. The van der Waals surface area contributed by atoms with Crippen molar-refractivity contribution >= 4 is 33.7 Å². The number of alkyl halides is 2. The minimum absolute atomic E-state index is 0.0461. The largest absolute Gasteiger partial charge is 0.382 e. The average Bonchev–Trinajstić information content (AvgIpc) is 3.21. The Hall–Kier alpha value is -3.56. The predicted octanol–water partition coefficient (Wildman–Crippen LogP) is 3.94. The fraction of sp³-hybridized carbons (Fsp3) is 0.417. The van der Waals surface area contributed by atoms with Gasteiger partial charge in [-0.3, -0.25) is 9.89 Å². The van der Waals surface area contributed by atoms with Crippen LogP contribution in [0.3, 0.4) is 0 Å². The molecule has 1 unspecified atom stereocenters. The zero-order valence-corrected chi connectivity index (χ0v) is 18.8. The van der Waals surface area contributed by atoms with E-state index in [1.807, 2.05) is 31.2 Å². The van der Waals surface area contributed by atoms with Gasteiger partial charge in [-0.1, -0.05) is 6.07 Å². The average molecular weight is 466 g/mol. The second-order valence-electron chi connectivity index (χ2n) is 9.24. The Morgan fingerprint density at radius 3 is 2.82 bits per heavy atom. The third kappa shape index (κ3) is 3.23. The lowest BCUT2D eigenvalue weighted by Crippen LogP contribution is -2.41. The number of nitrogens with two attached hydrogens (primary N) is 1. The number of rotatable bonds is 4. The first-order chi connectivity index (χ1) is 16.4. The minimum atomic E-state index is -2.85. The fourth-order valence-electron chi connectivity index (χ4n) is 5.23. The quantitative estimate of drug-likeness (QED) is 0.475. The molecule has 2 fully saturated rings. The molecule has 0 bridgehead atoms. The van der Waals surface area contributed by atoms with Gasteiger partial charge in [0, 0.05) is 49.1 Å². The standard InChI is InChI=1S/C24H25F2N7O/c1-2-33-20-15-6-5-13(17-7-8-28-31-17)10-18(15)29-21(27)19(20)30-22(33)14-4-3-9-32(12-14)23(34)16-11-24(16,25)26/h5-8,10,14,16H,2-4,9,11-12H2,1H3,(H2,27,29)(H,28,31)/t14-,16?/m0/s1. The Bertz CT molecular complexity index is 1410. The number of H-pyrrole nitrogens is 1. The third-order valence-electron chi connectivity index (χ3n) is 7.07. The highest BCUT2D eigenvalue weighted by Crippen LogP contribution is 2.50. The first-order valence-corrected chi connectivity index (χ1v) is 11.6. The molecule has 3 N–H and O–H groups in total. The van der Waals surface area contributed by atoms with Crippen LogP contribution >= 0.6 is 0 Å². The molecule has 4 heterocycles. The number of amides is 1. The summed E-state index contributed by atoms with van der Waals surface area (Å²) in [5, 5.41) is 8.00. The second-order valence-corrected chi connectivity index (χ2v) is 9.24. The summed E-state index contributed by atoms with van der Waals surface area (Å²) in [5.41, 5.74) is 10.4. The number of nitrogens with zero attached hydrogens (tertiary/aromatic N) is 5. The molecular formula is C24H25F2N7O. The monoisotopic (exact) mass is 465 g/mol. The van der Waals surface area contributed by atoms with E-state index in [0.29, 0.717) is 31.0 Å². The molecule has 4 aromatic rings. The van der Waals surface area contributed by atoms with Crippen LogP contribution < -0.4 is 5.73 Å². The summed E-state index contributed by atoms with van der Waals surface area (Å²) < 4.78 is 29.1. The number of carbonyl (C=O) groups excluding carboxylic acids is 1. The molecule has 8 nitrogen and oxygen atoms in total. The molecule has 176 valence electrons. The van der Waals surface area contributed by atoms with Crippen molar-refractivity contribution in [2.75, 3.05) is 18.8 Å². The van der Waals surface area contributed by atoms with Crippen molar-refractivity contribution in [2.24, 2.45) is 5.92 Å². The summed E-state index contributed by atoms with van der Waals surface area (Å²) in [4.78, 5) is 23.7. The molecule has 1 aliphatic carbocycles. The van der Waals surface area contributed by atoms with Crippen LogP contribution in [0.15, 0.2) is 30.5 Å². The molecule has 10 heteroatoms. The Labute approximate surface area is 194 Å². The summed E-state index contributed by atoms with van der Waals surface area (Å²) in [6.45, 7) is 3.61. The molecule has 1 saturated carbocycles. The summed E-state index contributed by atoms with van der Waals surface area (Å²) in [5.74, 6) is -3.33. The van der Waals surface area contributed by atoms with Gasteiger partial charge < -0.3 is 15.2 Å². The molecule has 1 saturated heterocycles. The predicted molar refractivity (Wildman–Crippen MR) is 124 cm³/mol. The Morgan fingerprint density at radius 1 is 1.29 bits per heavy atom. The van der Waals surface area contributed by atoms with Gasteiger partial charge in [0.05, 0.1) is 16.7 Å². The van der Waals surface area contributed by atoms with Crippen LogP contribution in [-0.4, -0.2) is 54.6 Å². The number of benzene rings is 1. The van der Waals surface area contributed by atoms with Gasteiger partial charge in [-0.25, -0.2) is 18.7 Å². The van der Waals surface area contributed by atoms with Crippen molar-refractivity contribution in [2.45, 2.75) is 44.6 Å². The molecular weight excluding hydrogens is 440 g/mol. The molecule has 0 spiro atoms.